The number of amides is 2. The predicted molar refractivity (Wildman–Crippen MR) is 103 cm³/mol. The Morgan fingerprint density at radius 3 is 2.68 bits per heavy atom. The summed E-state index contributed by atoms with van der Waals surface area (Å²) in [7, 11) is 0. The Hall–Kier alpha value is -1.30. The number of fused-ring (bicyclic) bond motifs is 2. The van der Waals surface area contributed by atoms with Gasteiger partial charge >= 0.3 is 0 Å². The Balaban J connectivity index is 0.00000225. The second-order valence-electron chi connectivity index (χ2n) is 6.93. The number of nitrogens with zero attached hydrogens (tertiary/aromatic N) is 1. The summed E-state index contributed by atoms with van der Waals surface area (Å²) in [6, 6.07) is 5.63. The maximum Gasteiger partial charge on any atom is 0.255 e. The second-order valence-corrected chi connectivity index (χ2v) is 7.34. The Morgan fingerprint density at radius 2 is 1.96 bits per heavy atom. The molecule has 2 unspecified atom stereocenters. The largest absolute Gasteiger partial charge is 0.331 e. The molecule has 0 aliphatic carbocycles. The molecule has 25 heavy (non-hydrogen) atoms. The van der Waals surface area contributed by atoms with Crippen LogP contribution in [0, 0.1) is 5.92 Å². The Kier molecular flexibility index (Phi) is 6.72. The summed E-state index contributed by atoms with van der Waals surface area (Å²) >= 11 is 6.29. The van der Waals surface area contributed by atoms with E-state index in [0.717, 1.165) is 32.4 Å². The van der Waals surface area contributed by atoms with Crippen molar-refractivity contribution in [3.05, 3.63) is 28.8 Å². The van der Waals surface area contributed by atoms with Gasteiger partial charge in [0.2, 0.25) is 5.91 Å². The smallest absolute Gasteiger partial charge is 0.255 e. The molecular weight excluding hydrogens is 361 g/mol. The van der Waals surface area contributed by atoms with Crippen molar-refractivity contribution in [3.8, 4) is 0 Å². The third-order valence-electron chi connectivity index (χ3n) is 4.88. The molecule has 2 aliphatic heterocycles. The van der Waals surface area contributed by atoms with E-state index < -0.39 is 0 Å². The van der Waals surface area contributed by atoms with E-state index in [1.165, 1.54) is 0 Å². The lowest BCUT2D eigenvalue weighted by atomic mass is 10.1. The summed E-state index contributed by atoms with van der Waals surface area (Å²) in [5.41, 5.74) is 1.08. The number of nitrogens with one attached hydrogen (secondary N) is 2. The molecule has 0 spiro atoms. The molecular formula is C18H25Cl2N3O2. The van der Waals surface area contributed by atoms with Crippen LogP contribution in [0.3, 0.4) is 0 Å². The topological polar surface area (TPSA) is 61.4 Å². The van der Waals surface area contributed by atoms with Gasteiger partial charge in [0.1, 0.15) is 0 Å². The summed E-state index contributed by atoms with van der Waals surface area (Å²) in [6.45, 7) is 5.45. The number of anilines is 1. The van der Waals surface area contributed by atoms with Crippen LogP contribution in [0.15, 0.2) is 18.2 Å². The number of carbonyl (C=O) groups is 2. The third-order valence-corrected chi connectivity index (χ3v) is 5.21. The highest BCUT2D eigenvalue weighted by Crippen LogP contribution is 2.32. The summed E-state index contributed by atoms with van der Waals surface area (Å²) in [4.78, 5) is 27.0. The lowest BCUT2D eigenvalue weighted by molar-refractivity contribution is -0.118. The molecule has 2 heterocycles. The average Bonchev–Trinajstić information content (AvgIpc) is 2.81. The summed E-state index contributed by atoms with van der Waals surface area (Å²) < 4.78 is 0. The first-order chi connectivity index (χ1) is 11.5. The highest BCUT2D eigenvalue weighted by Gasteiger charge is 2.38. The molecule has 3 rings (SSSR count). The quantitative estimate of drug-likeness (QED) is 0.838. The maximum absolute atomic E-state index is 13.1. The van der Waals surface area contributed by atoms with Gasteiger partial charge in [-0.2, -0.15) is 0 Å². The van der Waals surface area contributed by atoms with Crippen LogP contribution in [-0.4, -0.2) is 41.9 Å². The second kappa shape index (κ2) is 8.39. The number of benzene rings is 1. The SMILES string of the molecule is CC(C)C(=O)Nc1ccc(Cl)c(C(=O)N2C3CCNCC2CC3)c1.Cl. The molecule has 2 aliphatic rings. The van der Waals surface area contributed by atoms with Gasteiger partial charge in [0, 0.05) is 30.2 Å². The van der Waals surface area contributed by atoms with E-state index in [2.05, 4.69) is 10.6 Å². The fourth-order valence-corrected chi connectivity index (χ4v) is 3.70. The highest BCUT2D eigenvalue weighted by atomic mass is 35.5. The molecule has 1 aromatic carbocycles. The van der Waals surface area contributed by atoms with Crippen molar-refractivity contribution in [1.82, 2.24) is 10.2 Å². The van der Waals surface area contributed by atoms with E-state index in [4.69, 9.17) is 11.6 Å². The average molecular weight is 386 g/mol. The van der Waals surface area contributed by atoms with E-state index in [9.17, 15) is 9.59 Å². The normalized spacial score (nSPS) is 22.3. The summed E-state index contributed by atoms with van der Waals surface area (Å²) in [6.07, 6.45) is 3.06. The van der Waals surface area contributed by atoms with Crippen LogP contribution in [-0.2, 0) is 4.79 Å². The molecule has 2 amide bonds. The first-order valence-corrected chi connectivity index (χ1v) is 8.99. The number of carbonyl (C=O) groups excluding carboxylic acids is 2. The minimum atomic E-state index is -0.118. The van der Waals surface area contributed by atoms with Gasteiger partial charge in [0.15, 0.2) is 0 Å². The number of rotatable bonds is 3. The van der Waals surface area contributed by atoms with Crippen LogP contribution in [0.2, 0.25) is 5.02 Å². The lowest BCUT2D eigenvalue weighted by Crippen LogP contribution is -2.42. The Morgan fingerprint density at radius 1 is 1.24 bits per heavy atom. The van der Waals surface area contributed by atoms with E-state index in [0.29, 0.717) is 16.3 Å². The summed E-state index contributed by atoms with van der Waals surface area (Å²) in [5, 5.41) is 6.66. The van der Waals surface area contributed by atoms with E-state index >= 15 is 0 Å². The molecule has 2 saturated heterocycles. The van der Waals surface area contributed by atoms with E-state index in [-0.39, 0.29) is 42.2 Å². The molecule has 2 N–H and O–H groups in total. The molecule has 2 bridgehead atoms. The van der Waals surface area contributed by atoms with Crippen LogP contribution in [0.4, 0.5) is 5.69 Å². The molecule has 1 aromatic rings. The Labute approximate surface area is 159 Å². The molecule has 2 atom stereocenters. The molecule has 2 fully saturated rings. The zero-order valence-corrected chi connectivity index (χ0v) is 16.1. The highest BCUT2D eigenvalue weighted by molar-refractivity contribution is 6.34. The van der Waals surface area contributed by atoms with Crippen LogP contribution < -0.4 is 10.6 Å². The first kappa shape index (κ1) is 20.0. The van der Waals surface area contributed by atoms with Gasteiger partial charge in [-0.15, -0.1) is 12.4 Å². The molecule has 5 nitrogen and oxygen atoms in total. The van der Waals surface area contributed by atoms with Crippen molar-refractivity contribution < 1.29 is 9.59 Å². The van der Waals surface area contributed by atoms with Crippen LogP contribution in [0.5, 0.6) is 0 Å². The minimum Gasteiger partial charge on any atom is -0.331 e. The van der Waals surface area contributed by atoms with E-state index in [1.807, 2.05) is 18.7 Å². The number of hydrogen-bond donors (Lipinski definition) is 2. The van der Waals surface area contributed by atoms with Crippen molar-refractivity contribution >= 4 is 41.5 Å². The van der Waals surface area contributed by atoms with Gasteiger partial charge < -0.3 is 15.5 Å². The lowest BCUT2D eigenvalue weighted by Gasteiger charge is -2.28. The number of halogens is 2. The van der Waals surface area contributed by atoms with Crippen molar-refractivity contribution in [1.29, 1.82) is 0 Å². The first-order valence-electron chi connectivity index (χ1n) is 8.61. The molecule has 0 saturated carbocycles. The minimum absolute atomic E-state index is 0. The molecule has 138 valence electrons. The van der Waals surface area contributed by atoms with Crippen LogP contribution in [0.1, 0.15) is 43.5 Å². The van der Waals surface area contributed by atoms with E-state index in [1.54, 1.807) is 18.2 Å². The van der Waals surface area contributed by atoms with Crippen molar-refractivity contribution in [2.75, 3.05) is 18.4 Å². The van der Waals surface area contributed by atoms with Gasteiger partial charge in [-0.25, -0.2) is 0 Å². The fraction of sp³-hybridized carbons (Fsp3) is 0.556. The van der Waals surface area contributed by atoms with Gasteiger partial charge in [-0.05, 0) is 44.0 Å². The zero-order valence-electron chi connectivity index (χ0n) is 14.5. The predicted octanol–water partition coefficient (Wildman–Crippen LogP) is 3.32. The third kappa shape index (κ3) is 4.27. The number of hydrogen-bond acceptors (Lipinski definition) is 3. The van der Waals surface area contributed by atoms with Crippen molar-refractivity contribution in [3.63, 3.8) is 0 Å². The molecule has 7 heteroatoms. The standard InChI is InChI=1S/C18H24ClN3O2.ClH/c1-11(2)17(23)21-12-3-6-16(19)15(9-12)18(24)22-13-4-5-14(22)10-20-8-7-13;/h3,6,9,11,13-14,20H,4-5,7-8,10H2,1-2H3,(H,21,23);1H. The van der Waals surface area contributed by atoms with Crippen LogP contribution in [0.25, 0.3) is 0 Å². The molecule has 0 radical (unpaired) electrons. The molecule has 0 aromatic heterocycles. The monoisotopic (exact) mass is 385 g/mol. The van der Waals surface area contributed by atoms with Gasteiger partial charge in [-0.1, -0.05) is 25.4 Å². The Bertz CT molecular complexity index is 637. The summed E-state index contributed by atoms with van der Waals surface area (Å²) in [5.74, 6) is -0.223. The zero-order chi connectivity index (χ0) is 17.3. The van der Waals surface area contributed by atoms with Gasteiger partial charge in [-0.3, -0.25) is 9.59 Å². The van der Waals surface area contributed by atoms with Gasteiger partial charge in [0.05, 0.1) is 10.6 Å². The van der Waals surface area contributed by atoms with Crippen molar-refractivity contribution in [2.45, 2.75) is 45.2 Å². The maximum atomic E-state index is 13.1. The van der Waals surface area contributed by atoms with Crippen molar-refractivity contribution in [2.24, 2.45) is 5.92 Å². The van der Waals surface area contributed by atoms with Gasteiger partial charge in [0.25, 0.3) is 5.91 Å². The fourth-order valence-electron chi connectivity index (χ4n) is 3.51. The van der Waals surface area contributed by atoms with Crippen LogP contribution >= 0.6 is 24.0 Å².